The van der Waals surface area contributed by atoms with Crippen LogP contribution >= 0.6 is 0 Å². The van der Waals surface area contributed by atoms with Crippen molar-refractivity contribution in [3.63, 3.8) is 0 Å². The topological polar surface area (TPSA) is 44.4 Å². The van der Waals surface area contributed by atoms with Crippen LogP contribution in [-0.2, 0) is 17.8 Å². The highest BCUT2D eigenvalue weighted by atomic mass is 16.2. The van der Waals surface area contributed by atoms with Gasteiger partial charge in [-0.25, -0.2) is 0 Å². The van der Waals surface area contributed by atoms with Gasteiger partial charge in [-0.2, -0.15) is 0 Å². The predicted molar refractivity (Wildman–Crippen MR) is 142 cm³/mol. The Hall–Kier alpha value is -2.69. The molecule has 4 aliphatic rings. The minimum Gasteiger partial charge on any atom is -0.350 e. The molecule has 1 aliphatic carbocycles. The molecule has 3 aromatic rings. The highest BCUT2D eigenvalue weighted by Crippen LogP contribution is 2.53. The number of fused-ring (bicyclic) bond motifs is 2. The largest absolute Gasteiger partial charge is 0.350 e. The van der Waals surface area contributed by atoms with E-state index in [9.17, 15) is 4.79 Å². The van der Waals surface area contributed by atoms with Crippen molar-refractivity contribution in [2.45, 2.75) is 44.8 Å². The lowest BCUT2D eigenvalue weighted by Gasteiger charge is -2.56. The molecule has 4 nitrogen and oxygen atoms in total. The maximum Gasteiger partial charge on any atom is 0.242 e. The summed E-state index contributed by atoms with van der Waals surface area (Å²) < 4.78 is 0. The van der Waals surface area contributed by atoms with E-state index < -0.39 is 5.54 Å². The molecule has 182 valence electrons. The molecular formula is C31H37N3O. The number of hydrogen-bond acceptors (Lipinski definition) is 3. The van der Waals surface area contributed by atoms with Crippen LogP contribution in [-0.4, -0.2) is 42.0 Å². The number of likely N-dealkylation sites (tertiary alicyclic amines) is 1. The molecule has 1 saturated carbocycles. The lowest BCUT2D eigenvalue weighted by molar-refractivity contribution is -0.138. The van der Waals surface area contributed by atoms with Crippen LogP contribution in [0.3, 0.4) is 0 Å². The molecule has 0 radical (unpaired) electrons. The fraction of sp³-hybridized carbons (Fsp3) is 0.452. The molecule has 1 amide bonds. The third-order valence-electron chi connectivity index (χ3n) is 8.82. The SMILES string of the molecule is CC(C)CN1CC2CC3CNC2(C(=O)NCc2cccc4ccccc24)C1C3Cc1ccccc1. The molecule has 4 bridgehead atoms. The van der Waals surface area contributed by atoms with Crippen molar-refractivity contribution in [3.05, 3.63) is 83.9 Å². The third kappa shape index (κ3) is 3.88. The van der Waals surface area contributed by atoms with E-state index in [1.54, 1.807) is 0 Å². The second-order valence-corrected chi connectivity index (χ2v) is 11.4. The molecule has 4 fully saturated rings. The first-order valence-electron chi connectivity index (χ1n) is 13.3. The highest BCUT2D eigenvalue weighted by molar-refractivity contribution is 5.90. The zero-order chi connectivity index (χ0) is 24.0. The Morgan fingerprint density at radius 3 is 2.66 bits per heavy atom. The number of nitrogens with one attached hydrogen (secondary N) is 2. The smallest absolute Gasteiger partial charge is 0.242 e. The van der Waals surface area contributed by atoms with Gasteiger partial charge in [0.05, 0.1) is 0 Å². The molecule has 3 saturated heterocycles. The Bertz CT molecular complexity index is 1200. The number of benzene rings is 3. The summed E-state index contributed by atoms with van der Waals surface area (Å²) >= 11 is 0. The van der Waals surface area contributed by atoms with Gasteiger partial charge in [0.25, 0.3) is 0 Å². The van der Waals surface area contributed by atoms with Crippen LogP contribution in [0.4, 0.5) is 0 Å². The summed E-state index contributed by atoms with van der Waals surface area (Å²) in [5.74, 6) is 2.29. The standard InChI is InChI=1S/C31H37N3O/c1-21(2)19-34-20-26-16-25-18-33-31(26,29(34)28(25)15-22-9-4-3-5-10-22)30(35)32-17-24-13-8-12-23-11-6-7-14-27(23)24/h3-14,21,25-26,28-29,33H,15-20H2,1-2H3,(H,32,35). The maximum atomic E-state index is 14.2. The molecule has 7 rings (SSSR count). The van der Waals surface area contributed by atoms with E-state index in [0.29, 0.717) is 30.2 Å². The number of hydrogen-bond donors (Lipinski definition) is 2. The fourth-order valence-electron chi connectivity index (χ4n) is 7.51. The Kier molecular flexibility index (Phi) is 5.90. The highest BCUT2D eigenvalue weighted by Gasteiger charge is 2.67. The summed E-state index contributed by atoms with van der Waals surface area (Å²) in [6.07, 6.45) is 2.20. The molecule has 3 aliphatic heterocycles. The lowest BCUT2D eigenvalue weighted by Crippen LogP contribution is -2.76. The van der Waals surface area contributed by atoms with Gasteiger partial charge in [-0.3, -0.25) is 9.69 Å². The van der Waals surface area contributed by atoms with Crippen LogP contribution in [0.2, 0.25) is 0 Å². The number of carbonyl (C=O) groups excluding carboxylic acids is 1. The van der Waals surface area contributed by atoms with E-state index >= 15 is 0 Å². The Morgan fingerprint density at radius 1 is 1.06 bits per heavy atom. The minimum atomic E-state index is -0.492. The van der Waals surface area contributed by atoms with E-state index in [1.807, 2.05) is 0 Å². The molecule has 3 aromatic carbocycles. The van der Waals surface area contributed by atoms with Gasteiger partial charge in [-0.05, 0) is 59.0 Å². The number of amides is 1. The van der Waals surface area contributed by atoms with Crippen LogP contribution in [0.15, 0.2) is 72.8 Å². The van der Waals surface area contributed by atoms with Gasteiger partial charge < -0.3 is 10.6 Å². The summed E-state index contributed by atoms with van der Waals surface area (Å²) in [5, 5.41) is 9.68. The van der Waals surface area contributed by atoms with E-state index in [2.05, 4.69) is 102 Å². The van der Waals surface area contributed by atoms with Gasteiger partial charge in [0.2, 0.25) is 5.91 Å². The fourth-order valence-corrected chi connectivity index (χ4v) is 7.51. The molecule has 5 atom stereocenters. The van der Waals surface area contributed by atoms with Crippen LogP contribution < -0.4 is 10.6 Å². The number of rotatable bonds is 7. The molecule has 0 aromatic heterocycles. The average Bonchev–Trinajstić information content (AvgIpc) is 3.13. The van der Waals surface area contributed by atoms with Crippen molar-refractivity contribution < 1.29 is 4.79 Å². The summed E-state index contributed by atoms with van der Waals surface area (Å²) in [6.45, 7) is 8.20. The molecule has 3 heterocycles. The quantitative estimate of drug-likeness (QED) is 0.532. The zero-order valence-corrected chi connectivity index (χ0v) is 20.9. The number of piperidine rings is 2. The van der Waals surface area contributed by atoms with Crippen molar-refractivity contribution in [2.24, 2.45) is 23.7 Å². The average molecular weight is 468 g/mol. The Labute approximate surface area is 209 Å². The van der Waals surface area contributed by atoms with Crippen molar-refractivity contribution in [1.29, 1.82) is 0 Å². The third-order valence-corrected chi connectivity index (χ3v) is 8.82. The first-order chi connectivity index (χ1) is 17.1. The van der Waals surface area contributed by atoms with Crippen molar-refractivity contribution in [3.8, 4) is 0 Å². The van der Waals surface area contributed by atoms with Crippen molar-refractivity contribution >= 4 is 16.7 Å². The van der Waals surface area contributed by atoms with Gasteiger partial charge in [-0.15, -0.1) is 0 Å². The van der Waals surface area contributed by atoms with Gasteiger partial charge in [0.15, 0.2) is 0 Å². The first kappa shape index (κ1) is 22.8. The Morgan fingerprint density at radius 2 is 1.83 bits per heavy atom. The summed E-state index contributed by atoms with van der Waals surface area (Å²) in [4.78, 5) is 16.8. The molecule has 5 unspecified atom stereocenters. The van der Waals surface area contributed by atoms with Gasteiger partial charge in [0, 0.05) is 31.6 Å². The zero-order valence-electron chi connectivity index (χ0n) is 20.9. The molecule has 35 heavy (non-hydrogen) atoms. The Balaban J connectivity index is 1.30. The van der Waals surface area contributed by atoms with Gasteiger partial charge >= 0.3 is 0 Å². The first-order valence-corrected chi connectivity index (χ1v) is 13.3. The monoisotopic (exact) mass is 467 g/mol. The number of nitrogens with zero attached hydrogens (tertiary/aromatic N) is 1. The van der Waals surface area contributed by atoms with Crippen molar-refractivity contribution in [2.75, 3.05) is 19.6 Å². The minimum absolute atomic E-state index is 0.197. The predicted octanol–water partition coefficient (Wildman–Crippen LogP) is 4.63. The van der Waals surface area contributed by atoms with Crippen LogP contribution in [0.25, 0.3) is 10.8 Å². The van der Waals surface area contributed by atoms with E-state index in [-0.39, 0.29) is 11.9 Å². The van der Waals surface area contributed by atoms with Crippen LogP contribution in [0.1, 0.15) is 31.4 Å². The van der Waals surface area contributed by atoms with Crippen LogP contribution in [0.5, 0.6) is 0 Å². The second-order valence-electron chi connectivity index (χ2n) is 11.4. The van der Waals surface area contributed by atoms with E-state index in [0.717, 1.165) is 32.5 Å². The van der Waals surface area contributed by atoms with Crippen molar-refractivity contribution in [1.82, 2.24) is 15.5 Å². The van der Waals surface area contributed by atoms with Gasteiger partial charge in [0.1, 0.15) is 5.54 Å². The molecule has 4 heteroatoms. The normalized spacial score (nSPS) is 29.7. The maximum absolute atomic E-state index is 14.2. The summed E-state index contributed by atoms with van der Waals surface area (Å²) in [5.41, 5.74) is 2.09. The van der Waals surface area contributed by atoms with Gasteiger partial charge in [-0.1, -0.05) is 86.6 Å². The molecular weight excluding hydrogens is 430 g/mol. The second kappa shape index (κ2) is 9.07. The summed E-state index contributed by atoms with van der Waals surface area (Å²) in [6, 6.07) is 26.0. The molecule has 0 spiro atoms. The molecule has 2 N–H and O–H groups in total. The van der Waals surface area contributed by atoms with E-state index in [4.69, 9.17) is 0 Å². The van der Waals surface area contributed by atoms with E-state index in [1.165, 1.54) is 21.9 Å². The lowest BCUT2D eigenvalue weighted by atomic mass is 9.58. The summed E-state index contributed by atoms with van der Waals surface area (Å²) in [7, 11) is 0. The van der Waals surface area contributed by atoms with Crippen LogP contribution in [0, 0.1) is 23.7 Å². The number of carbonyl (C=O) groups is 1.